The SMILES string of the molecule is Cc1nc(C(NS(=O)(=O)c2cc(S(C)(=O)=O)ccc2Br)c2ccccc2)n[nH]1. The molecule has 1 heterocycles. The average molecular weight is 485 g/mol. The third-order valence-corrected chi connectivity index (χ3v) is 7.43. The molecule has 1 aromatic heterocycles. The molecule has 0 aliphatic carbocycles. The van der Waals surface area contributed by atoms with Gasteiger partial charge >= 0.3 is 0 Å². The molecule has 8 nitrogen and oxygen atoms in total. The predicted molar refractivity (Wildman–Crippen MR) is 107 cm³/mol. The number of sulfonamides is 1. The Hall–Kier alpha value is -2.08. The number of aryl methyl sites for hydroxylation is 1. The first-order valence-electron chi connectivity index (χ1n) is 8.04. The Morgan fingerprint density at radius 3 is 2.32 bits per heavy atom. The van der Waals surface area contributed by atoms with Gasteiger partial charge in [-0.05, 0) is 46.6 Å². The molecule has 148 valence electrons. The van der Waals surface area contributed by atoms with Gasteiger partial charge in [-0.2, -0.15) is 9.82 Å². The summed E-state index contributed by atoms with van der Waals surface area (Å²) in [7, 11) is -7.69. The Kier molecular flexibility index (Phi) is 5.71. The number of nitrogens with one attached hydrogen (secondary N) is 2. The number of benzene rings is 2. The van der Waals surface area contributed by atoms with E-state index >= 15 is 0 Å². The highest BCUT2D eigenvalue weighted by molar-refractivity contribution is 9.10. The quantitative estimate of drug-likeness (QED) is 0.553. The maximum Gasteiger partial charge on any atom is 0.242 e. The van der Waals surface area contributed by atoms with Gasteiger partial charge in [-0.15, -0.1) is 0 Å². The van der Waals surface area contributed by atoms with E-state index in [4.69, 9.17) is 0 Å². The molecule has 0 spiro atoms. The van der Waals surface area contributed by atoms with E-state index in [9.17, 15) is 16.8 Å². The van der Waals surface area contributed by atoms with Gasteiger partial charge < -0.3 is 0 Å². The lowest BCUT2D eigenvalue weighted by Crippen LogP contribution is -2.30. The van der Waals surface area contributed by atoms with Crippen molar-refractivity contribution in [1.82, 2.24) is 19.9 Å². The molecular formula is C17H17BrN4O4S2. The number of hydrogen-bond acceptors (Lipinski definition) is 6. The zero-order valence-electron chi connectivity index (χ0n) is 14.9. The first-order valence-corrected chi connectivity index (χ1v) is 12.2. The number of halogens is 1. The van der Waals surface area contributed by atoms with Gasteiger partial charge in [-0.1, -0.05) is 30.3 Å². The van der Waals surface area contributed by atoms with Gasteiger partial charge in [0.05, 0.1) is 9.79 Å². The predicted octanol–water partition coefficient (Wildman–Crippen LogP) is 2.35. The Morgan fingerprint density at radius 1 is 1.07 bits per heavy atom. The molecule has 2 N–H and O–H groups in total. The van der Waals surface area contributed by atoms with E-state index in [1.807, 2.05) is 6.07 Å². The summed E-state index contributed by atoms with van der Waals surface area (Å²) >= 11 is 3.19. The first kappa shape index (κ1) is 20.6. The monoisotopic (exact) mass is 484 g/mol. The normalized spacial score (nSPS) is 13.4. The molecule has 1 unspecified atom stereocenters. The zero-order chi connectivity index (χ0) is 20.5. The van der Waals surface area contributed by atoms with Crippen molar-refractivity contribution in [2.24, 2.45) is 0 Å². The number of aromatic amines is 1. The smallest absolute Gasteiger partial charge is 0.242 e. The van der Waals surface area contributed by atoms with E-state index in [0.717, 1.165) is 12.3 Å². The van der Waals surface area contributed by atoms with Crippen molar-refractivity contribution in [3.63, 3.8) is 0 Å². The molecule has 0 radical (unpaired) electrons. The van der Waals surface area contributed by atoms with Crippen LogP contribution >= 0.6 is 15.9 Å². The van der Waals surface area contributed by atoms with Gasteiger partial charge in [0, 0.05) is 10.7 Å². The minimum atomic E-state index is -4.12. The molecule has 3 aromatic rings. The van der Waals surface area contributed by atoms with Crippen LogP contribution in [-0.2, 0) is 19.9 Å². The minimum absolute atomic E-state index is 0.0962. The van der Waals surface area contributed by atoms with E-state index in [0.29, 0.717) is 11.4 Å². The van der Waals surface area contributed by atoms with Crippen molar-refractivity contribution in [2.45, 2.75) is 22.8 Å². The summed E-state index contributed by atoms with van der Waals surface area (Å²) in [5, 5.41) is 6.78. The summed E-state index contributed by atoms with van der Waals surface area (Å²) < 4.78 is 52.7. The highest BCUT2D eigenvalue weighted by Crippen LogP contribution is 2.28. The second-order valence-electron chi connectivity index (χ2n) is 6.11. The Balaban J connectivity index is 2.08. The van der Waals surface area contributed by atoms with Crippen LogP contribution in [0.2, 0.25) is 0 Å². The van der Waals surface area contributed by atoms with Crippen LogP contribution < -0.4 is 4.72 Å². The molecule has 0 bridgehead atoms. The fourth-order valence-corrected chi connectivity index (χ4v) is 5.44. The number of aromatic nitrogens is 3. The summed E-state index contributed by atoms with van der Waals surface area (Å²) in [4.78, 5) is 3.96. The van der Waals surface area contributed by atoms with Crippen molar-refractivity contribution < 1.29 is 16.8 Å². The van der Waals surface area contributed by atoms with Crippen LogP contribution in [0.15, 0.2) is 62.8 Å². The summed E-state index contributed by atoms with van der Waals surface area (Å²) in [5.74, 6) is 0.790. The molecule has 28 heavy (non-hydrogen) atoms. The number of sulfone groups is 1. The van der Waals surface area contributed by atoms with Gasteiger partial charge in [0.15, 0.2) is 15.7 Å². The zero-order valence-corrected chi connectivity index (χ0v) is 18.1. The van der Waals surface area contributed by atoms with Gasteiger partial charge in [0.1, 0.15) is 11.9 Å². The second-order valence-corrected chi connectivity index (χ2v) is 10.7. The lowest BCUT2D eigenvalue weighted by Gasteiger charge is -2.17. The average Bonchev–Trinajstić information content (AvgIpc) is 3.06. The Morgan fingerprint density at radius 2 is 1.75 bits per heavy atom. The van der Waals surface area contributed by atoms with E-state index in [1.54, 1.807) is 31.2 Å². The van der Waals surface area contributed by atoms with Crippen molar-refractivity contribution in [2.75, 3.05) is 6.26 Å². The van der Waals surface area contributed by atoms with E-state index in [1.165, 1.54) is 12.1 Å². The summed E-state index contributed by atoms with van der Waals surface area (Å²) in [5.41, 5.74) is 0.639. The van der Waals surface area contributed by atoms with Crippen LogP contribution in [0.1, 0.15) is 23.3 Å². The van der Waals surface area contributed by atoms with Crippen LogP contribution in [0.3, 0.4) is 0 Å². The van der Waals surface area contributed by atoms with Gasteiger partial charge in [-0.3, -0.25) is 5.10 Å². The number of hydrogen-bond donors (Lipinski definition) is 2. The van der Waals surface area contributed by atoms with Crippen molar-refractivity contribution >= 4 is 35.8 Å². The molecule has 0 fully saturated rings. The number of H-pyrrole nitrogens is 1. The topological polar surface area (TPSA) is 122 Å². The molecule has 0 saturated carbocycles. The Labute approximate surface area is 171 Å². The van der Waals surface area contributed by atoms with E-state index in [-0.39, 0.29) is 20.1 Å². The molecule has 0 saturated heterocycles. The Bertz CT molecular complexity index is 1210. The molecule has 0 amide bonds. The third-order valence-electron chi connectivity index (χ3n) is 3.90. The van der Waals surface area contributed by atoms with Gasteiger partial charge in [0.25, 0.3) is 0 Å². The van der Waals surface area contributed by atoms with Gasteiger partial charge in [-0.25, -0.2) is 21.8 Å². The lowest BCUT2D eigenvalue weighted by atomic mass is 10.1. The van der Waals surface area contributed by atoms with Crippen molar-refractivity contribution in [3.05, 3.63) is 70.2 Å². The van der Waals surface area contributed by atoms with Crippen molar-refractivity contribution in [3.8, 4) is 0 Å². The van der Waals surface area contributed by atoms with E-state index in [2.05, 4.69) is 35.8 Å². The molecule has 3 rings (SSSR count). The van der Waals surface area contributed by atoms with Crippen LogP contribution in [0.25, 0.3) is 0 Å². The third kappa shape index (κ3) is 4.49. The first-order chi connectivity index (χ1) is 13.1. The highest BCUT2D eigenvalue weighted by atomic mass is 79.9. The molecular weight excluding hydrogens is 468 g/mol. The largest absolute Gasteiger partial charge is 0.263 e. The number of nitrogens with zero attached hydrogens (tertiary/aromatic N) is 2. The lowest BCUT2D eigenvalue weighted by molar-refractivity contribution is 0.566. The molecule has 0 aliphatic heterocycles. The van der Waals surface area contributed by atoms with Crippen molar-refractivity contribution in [1.29, 1.82) is 0 Å². The fourth-order valence-electron chi connectivity index (χ4n) is 2.54. The summed E-state index contributed by atoms with van der Waals surface area (Å²) in [6.45, 7) is 1.71. The van der Waals surface area contributed by atoms with Crippen LogP contribution in [0, 0.1) is 6.92 Å². The summed E-state index contributed by atoms with van der Waals surface area (Å²) in [6, 6.07) is 11.8. The maximum atomic E-state index is 13.1. The molecule has 1 atom stereocenters. The van der Waals surface area contributed by atoms with Crippen LogP contribution in [0.4, 0.5) is 0 Å². The summed E-state index contributed by atoms with van der Waals surface area (Å²) in [6.07, 6.45) is 1.02. The molecule has 0 aliphatic rings. The minimum Gasteiger partial charge on any atom is -0.263 e. The molecule has 11 heteroatoms. The molecule has 2 aromatic carbocycles. The number of rotatable bonds is 6. The maximum absolute atomic E-state index is 13.1. The standard InChI is InChI=1S/C17H17BrN4O4S2/c1-11-19-17(21-20-11)16(12-6-4-3-5-7-12)22-28(25,26)15-10-13(27(2,23)24)8-9-14(15)18/h3-10,16,22H,1-2H3,(H,19,20,21). The van der Waals surface area contributed by atoms with E-state index < -0.39 is 25.9 Å². The fraction of sp³-hybridized carbons (Fsp3) is 0.176. The second kappa shape index (κ2) is 7.74. The van der Waals surface area contributed by atoms with Crippen LogP contribution in [-0.4, -0.2) is 38.3 Å². The highest BCUT2D eigenvalue weighted by Gasteiger charge is 2.28. The van der Waals surface area contributed by atoms with Crippen LogP contribution in [0.5, 0.6) is 0 Å². The van der Waals surface area contributed by atoms with Gasteiger partial charge in [0.2, 0.25) is 10.0 Å².